The van der Waals surface area contributed by atoms with Gasteiger partial charge in [0, 0.05) is 25.5 Å². The van der Waals surface area contributed by atoms with E-state index in [0.29, 0.717) is 0 Å². The molecule has 1 aliphatic rings. The standard InChI is InChI=1S/C8H10BrN3O/c9-6-3-11-8(12-4-6)7-5-10-1-2-13-7/h3-4,7,10H,1-2,5H2. The normalized spacial score (nSPS) is 23.0. The first-order chi connectivity index (χ1) is 6.36. The monoisotopic (exact) mass is 243 g/mol. The van der Waals surface area contributed by atoms with Gasteiger partial charge in [-0.15, -0.1) is 0 Å². The lowest BCUT2D eigenvalue weighted by atomic mass is 10.3. The first-order valence-corrected chi connectivity index (χ1v) is 4.95. The zero-order valence-corrected chi connectivity index (χ0v) is 8.62. The molecule has 1 saturated heterocycles. The van der Waals surface area contributed by atoms with Crippen LogP contribution in [0.1, 0.15) is 11.9 Å². The molecule has 2 rings (SSSR count). The van der Waals surface area contributed by atoms with E-state index in [2.05, 4.69) is 31.2 Å². The van der Waals surface area contributed by atoms with E-state index in [1.165, 1.54) is 0 Å². The Bertz CT molecular complexity index is 271. The lowest BCUT2D eigenvalue weighted by molar-refractivity contribution is 0.0221. The molecule has 4 nitrogen and oxygen atoms in total. The van der Waals surface area contributed by atoms with Crippen LogP contribution in [-0.4, -0.2) is 29.7 Å². The van der Waals surface area contributed by atoms with E-state index in [0.717, 1.165) is 30.0 Å². The number of nitrogens with one attached hydrogen (secondary N) is 1. The Morgan fingerprint density at radius 1 is 1.46 bits per heavy atom. The van der Waals surface area contributed by atoms with Gasteiger partial charge < -0.3 is 10.1 Å². The Labute approximate surface area is 84.9 Å². The quantitative estimate of drug-likeness (QED) is 0.797. The van der Waals surface area contributed by atoms with Crippen LogP contribution in [0.3, 0.4) is 0 Å². The van der Waals surface area contributed by atoms with E-state index < -0.39 is 0 Å². The van der Waals surface area contributed by atoms with Crippen molar-refractivity contribution >= 4 is 15.9 Å². The van der Waals surface area contributed by atoms with Crippen molar-refractivity contribution in [3.63, 3.8) is 0 Å². The van der Waals surface area contributed by atoms with Crippen LogP contribution in [0.2, 0.25) is 0 Å². The van der Waals surface area contributed by atoms with E-state index in [1.807, 2.05) is 0 Å². The maximum atomic E-state index is 5.50. The number of morpholine rings is 1. The number of hydrogen-bond donors (Lipinski definition) is 1. The van der Waals surface area contributed by atoms with Gasteiger partial charge in [-0.3, -0.25) is 0 Å². The predicted octanol–water partition coefficient (Wildman–Crippen LogP) is 0.900. The molecule has 0 bridgehead atoms. The molecular weight excluding hydrogens is 234 g/mol. The lowest BCUT2D eigenvalue weighted by Gasteiger charge is -2.21. The third-order valence-corrected chi connectivity index (χ3v) is 2.27. The van der Waals surface area contributed by atoms with Crippen molar-refractivity contribution in [3.8, 4) is 0 Å². The number of nitrogens with zero attached hydrogens (tertiary/aromatic N) is 2. The van der Waals surface area contributed by atoms with Gasteiger partial charge in [0.1, 0.15) is 6.10 Å². The molecule has 1 fully saturated rings. The zero-order chi connectivity index (χ0) is 9.10. The lowest BCUT2D eigenvalue weighted by Crippen LogP contribution is -2.34. The van der Waals surface area contributed by atoms with Crippen LogP contribution in [0.15, 0.2) is 16.9 Å². The van der Waals surface area contributed by atoms with Crippen LogP contribution < -0.4 is 5.32 Å². The van der Waals surface area contributed by atoms with Gasteiger partial charge in [-0.2, -0.15) is 0 Å². The van der Waals surface area contributed by atoms with Crippen LogP contribution >= 0.6 is 15.9 Å². The van der Waals surface area contributed by atoms with E-state index >= 15 is 0 Å². The van der Waals surface area contributed by atoms with E-state index in [4.69, 9.17) is 4.74 Å². The SMILES string of the molecule is Brc1cnc(C2CNCCO2)nc1. The molecule has 70 valence electrons. The van der Waals surface area contributed by atoms with E-state index in [-0.39, 0.29) is 6.10 Å². The number of halogens is 1. The van der Waals surface area contributed by atoms with Gasteiger partial charge >= 0.3 is 0 Å². The predicted molar refractivity (Wildman–Crippen MR) is 51.3 cm³/mol. The van der Waals surface area contributed by atoms with Crippen LogP contribution in [0, 0.1) is 0 Å². The van der Waals surface area contributed by atoms with Gasteiger partial charge in [0.15, 0.2) is 5.82 Å². The van der Waals surface area contributed by atoms with Gasteiger partial charge in [-0.1, -0.05) is 0 Å². The molecule has 0 spiro atoms. The van der Waals surface area contributed by atoms with Gasteiger partial charge in [-0.25, -0.2) is 9.97 Å². The molecule has 1 unspecified atom stereocenters. The molecule has 0 aliphatic carbocycles. The number of hydrogen-bond acceptors (Lipinski definition) is 4. The Kier molecular flexibility index (Phi) is 2.87. The summed E-state index contributed by atoms with van der Waals surface area (Å²) in [7, 11) is 0. The average Bonchev–Trinajstić information content (AvgIpc) is 2.20. The second kappa shape index (κ2) is 4.13. The minimum Gasteiger partial charge on any atom is -0.368 e. The Hall–Kier alpha value is -0.520. The van der Waals surface area contributed by atoms with Crippen molar-refractivity contribution in [1.29, 1.82) is 0 Å². The van der Waals surface area contributed by atoms with Gasteiger partial charge in [0.05, 0.1) is 11.1 Å². The molecule has 1 aliphatic heterocycles. The van der Waals surface area contributed by atoms with E-state index in [9.17, 15) is 0 Å². The molecule has 5 heteroatoms. The van der Waals surface area contributed by atoms with Crippen LogP contribution in [-0.2, 0) is 4.74 Å². The largest absolute Gasteiger partial charge is 0.368 e. The summed E-state index contributed by atoms with van der Waals surface area (Å²) >= 11 is 3.29. The molecule has 2 heterocycles. The van der Waals surface area contributed by atoms with Crippen molar-refractivity contribution < 1.29 is 4.74 Å². The highest BCUT2D eigenvalue weighted by Crippen LogP contribution is 2.15. The fourth-order valence-corrected chi connectivity index (χ4v) is 1.42. The van der Waals surface area contributed by atoms with Crippen molar-refractivity contribution in [2.24, 2.45) is 0 Å². The summed E-state index contributed by atoms with van der Waals surface area (Å²) in [4.78, 5) is 8.36. The first kappa shape index (κ1) is 9.05. The van der Waals surface area contributed by atoms with Crippen molar-refractivity contribution in [3.05, 3.63) is 22.7 Å². The Balaban J connectivity index is 2.10. The summed E-state index contributed by atoms with van der Waals surface area (Å²) in [6.45, 7) is 2.43. The van der Waals surface area contributed by atoms with Gasteiger partial charge in [0.25, 0.3) is 0 Å². The van der Waals surface area contributed by atoms with Crippen molar-refractivity contribution in [1.82, 2.24) is 15.3 Å². The van der Waals surface area contributed by atoms with Crippen LogP contribution in [0.5, 0.6) is 0 Å². The Morgan fingerprint density at radius 2 is 2.23 bits per heavy atom. The highest BCUT2D eigenvalue weighted by Gasteiger charge is 2.17. The third-order valence-electron chi connectivity index (χ3n) is 1.86. The summed E-state index contributed by atoms with van der Waals surface area (Å²) in [5.41, 5.74) is 0. The molecule has 0 saturated carbocycles. The molecular formula is C8H10BrN3O. The molecule has 0 aromatic carbocycles. The minimum atomic E-state index is 0.00171. The summed E-state index contributed by atoms with van der Waals surface area (Å²) in [5, 5.41) is 3.23. The smallest absolute Gasteiger partial charge is 0.158 e. The molecule has 1 aromatic heterocycles. The Morgan fingerprint density at radius 3 is 2.85 bits per heavy atom. The molecule has 0 amide bonds. The summed E-state index contributed by atoms with van der Waals surface area (Å²) in [6, 6.07) is 0. The number of rotatable bonds is 1. The van der Waals surface area contributed by atoms with Gasteiger partial charge in [0.2, 0.25) is 0 Å². The molecule has 1 aromatic rings. The molecule has 13 heavy (non-hydrogen) atoms. The van der Waals surface area contributed by atoms with Crippen molar-refractivity contribution in [2.75, 3.05) is 19.7 Å². The van der Waals surface area contributed by atoms with Crippen LogP contribution in [0.25, 0.3) is 0 Å². The average molecular weight is 244 g/mol. The van der Waals surface area contributed by atoms with Crippen molar-refractivity contribution in [2.45, 2.75) is 6.10 Å². The van der Waals surface area contributed by atoms with E-state index in [1.54, 1.807) is 12.4 Å². The van der Waals surface area contributed by atoms with Crippen LogP contribution in [0.4, 0.5) is 0 Å². The number of ether oxygens (including phenoxy) is 1. The summed E-state index contributed by atoms with van der Waals surface area (Å²) in [5.74, 6) is 0.746. The fraction of sp³-hybridized carbons (Fsp3) is 0.500. The highest BCUT2D eigenvalue weighted by molar-refractivity contribution is 9.10. The highest BCUT2D eigenvalue weighted by atomic mass is 79.9. The molecule has 0 radical (unpaired) electrons. The molecule has 1 atom stereocenters. The zero-order valence-electron chi connectivity index (χ0n) is 7.03. The maximum absolute atomic E-state index is 5.50. The van der Waals surface area contributed by atoms with Gasteiger partial charge in [-0.05, 0) is 15.9 Å². The third kappa shape index (κ3) is 2.24. The summed E-state index contributed by atoms with van der Waals surface area (Å²) < 4.78 is 6.39. The molecule has 1 N–H and O–H groups in total. The summed E-state index contributed by atoms with van der Waals surface area (Å²) in [6.07, 6.45) is 3.47. The second-order valence-electron chi connectivity index (χ2n) is 2.82. The topological polar surface area (TPSA) is 47.0 Å². The fourth-order valence-electron chi connectivity index (χ4n) is 1.22. The second-order valence-corrected chi connectivity index (χ2v) is 3.74. The minimum absolute atomic E-state index is 0.00171. The first-order valence-electron chi connectivity index (χ1n) is 4.16. The maximum Gasteiger partial charge on any atom is 0.158 e. The number of aromatic nitrogens is 2.